The number of benzene rings is 1. The van der Waals surface area contributed by atoms with Gasteiger partial charge in [-0.2, -0.15) is 0 Å². The lowest BCUT2D eigenvalue weighted by molar-refractivity contribution is 0.802. The summed E-state index contributed by atoms with van der Waals surface area (Å²) in [4.78, 5) is 10.2. The van der Waals surface area contributed by atoms with Crippen LogP contribution < -0.4 is 0 Å². The lowest BCUT2D eigenvalue weighted by atomic mass is 9.97. The maximum absolute atomic E-state index is 4.40. The topological polar surface area (TPSA) is 25.8 Å². The third-order valence-electron chi connectivity index (χ3n) is 5.94. The van der Waals surface area contributed by atoms with Crippen LogP contribution in [0, 0.1) is 0 Å². The van der Waals surface area contributed by atoms with Crippen LogP contribution in [-0.4, -0.2) is 9.97 Å². The Labute approximate surface area is 220 Å². The number of aromatic nitrogens is 2. The second-order valence-corrected chi connectivity index (χ2v) is 12.3. The maximum Gasteiger partial charge on any atom is 0.0953 e. The van der Waals surface area contributed by atoms with Crippen molar-refractivity contribution in [1.82, 2.24) is 9.97 Å². The Balaban J connectivity index is 0.000000263. The van der Waals surface area contributed by atoms with Crippen LogP contribution in [0.1, 0.15) is 151 Å². The van der Waals surface area contributed by atoms with Crippen LogP contribution in [0.3, 0.4) is 0 Å². The Hall–Kier alpha value is -2.00. The molecule has 0 aliphatic heterocycles. The van der Waals surface area contributed by atoms with Crippen LogP contribution in [0.15, 0.2) is 48.8 Å². The average molecular weight is 495 g/mol. The largest absolute Gasteiger partial charge is 0.261 e. The molecule has 1 aromatic carbocycles. The summed E-state index contributed by atoms with van der Waals surface area (Å²) < 4.78 is 0. The van der Waals surface area contributed by atoms with Crippen molar-refractivity contribution < 1.29 is 0 Å². The summed E-state index contributed by atoms with van der Waals surface area (Å²) in [6, 6.07) is 13.2. The van der Waals surface area contributed by atoms with E-state index in [1.807, 2.05) is 23.7 Å². The standard InChI is InChI=1S/C12H18.C11H17N.C9H15NS/c1-9(2)11-5-7-12(8-6-11)10(3)4;1-8(2)10-5-6-11(9(3)4)12-7-10;1-6(2)8-5-10-9(11-8)7(3)4/h5-10H,1-4H3;5-9H,1-4H3;5-7H,1-4H3. The first kappa shape index (κ1) is 31.0. The zero-order chi connectivity index (χ0) is 26.7. The van der Waals surface area contributed by atoms with Crippen molar-refractivity contribution in [3.8, 4) is 0 Å². The fourth-order valence-corrected chi connectivity index (χ4v) is 4.12. The first-order chi connectivity index (χ1) is 16.3. The van der Waals surface area contributed by atoms with E-state index in [1.165, 1.54) is 32.3 Å². The number of thiazole rings is 1. The Kier molecular flexibility index (Phi) is 13.5. The van der Waals surface area contributed by atoms with E-state index in [2.05, 4.69) is 129 Å². The van der Waals surface area contributed by atoms with Gasteiger partial charge in [-0.1, -0.05) is 113 Å². The van der Waals surface area contributed by atoms with E-state index in [0.29, 0.717) is 35.5 Å². The highest BCUT2D eigenvalue weighted by Crippen LogP contribution is 2.26. The lowest BCUT2D eigenvalue weighted by Crippen LogP contribution is -1.94. The minimum atomic E-state index is 0.534. The fourth-order valence-electron chi connectivity index (χ4n) is 3.20. The van der Waals surface area contributed by atoms with Crippen LogP contribution in [0.25, 0.3) is 0 Å². The van der Waals surface area contributed by atoms with Gasteiger partial charge >= 0.3 is 0 Å². The Morgan fingerprint density at radius 2 is 0.914 bits per heavy atom. The molecule has 0 saturated heterocycles. The predicted molar refractivity (Wildman–Crippen MR) is 157 cm³/mol. The van der Waals surface area contributed by atoms with Gasteiger partial charge in [-0.3, -0.25) is 4.98 Å². The van der Waals surface area contributed by atoms with Gasteiger partial charge in [-0.25, -0.2) is 4.98 Å². The maximum atomic E-state index is 4.40. The molecule has 0 radical (unpaired) electrons. The van der Waals surface area contributed by atoms with E-state index in [9.17, 15) is 0 Å². The highest BCUT2D eigenvalue weighted by atomic mass is 32.1. The smallest absolute Gasteiger partial charge is 0.0953 e. The molecule has 0 fully saturated rings. The number of hydrogen-bond acceptors (Lipinski definition) is 3. The van der Waals surface area contributed by atoms with E-state index >= 15 is 0 Å². The molecule has 0 amide bonds. The second kappa shape index (κ2) is 15.2. The zero-order valence-electron chi connectivity index (χ0n) is 24.4. The van der Waals surface area contributed by atoms with Crippen molar-refractivity contribution in [1.29, 1.82) is 0 Å². The van der Waals surface area contributed by atoms with Gasteiger partial charge < -0.3 is 0 Å². The molecule has 0 aliphatic rings. The number of nitrogens with zero attached hydrogens (tertiary/aromatic N) is 2. The van der Waals surface area contributed by atoms with E-state index in [1.54, 1.807) is 0 Å². The SMILES string of the molecule is CC(C)c1ccc(C(C)C)cc1.CC(C)c1ccc(C(C)C)nc1.CC(C)c1cnc(C(C)C)s1. The molecule has 0 spiro atoms. The summed E-state index contributed by atoms with van der Waals surface area (Å²) in [6.07, 6.45) is 3.99. The molecule has 0 bridgehead atoms. The van der Waals surface area contributed by atoms with Gasteiger partial charge in [-0.15, -0.1) is 11.3 Å². The van der Waals surface area contributed by atoms with Gasteiger partial charge in [-0.05, 0) is 52.3 Å². The molecule has 3 rings (SSSR count). The van der Waals surface area contributed by atoms with Crippen molar-refractivity contribution in [2.45, 2.75) is 119 Å². The summed E-state index contributed by atoms with van der Waals surface area (Å²) in [5, 5.41) is 1.26. The number of rotatable bonds is 6. The fraction of sp³-hybridized carbons (Fsp3) is 0.562. The normalized spacial score (nSPS) is 11.3. The van der Waals surface area contributed by atoms with Crippen LogP contribution >= 0.6 is 11.3 Å². The van der Waals surface area contributed by atoms with Gasteiger partial charge in [0.05, 0.1) is 5.01 Å². The van der Waals surface area contributed by atoms with Crippen molar-refractivity contribution in [2.75, 3.05) is 0 Å². The summed E-state index contributed by atoms with van der Waals surface area (Å²) in [6.45, 7) is 26.4. The molecule has 0 atom stereocenters. The van der Waals surface area contributed by atoms with Gasteiger partial charge in [0.15, 0.2) is 0 Å². The van der Waals surface area contributed by atoms with Crippen LogP contribution in [-0.2, 0) is 0 Å². The molecule has 0 N–H and O–H groups in total. The number of hydrogen-bond donors (Lipinski definition) is 0. The molecular formula is C32H50N2S. The van der Waals surface area contributed by atoms with Gasteiger partial charge in [0.25, 0.3) is 0 Å². The molecule has 0 unspecified atom stereocenters. The minimum absolute atomic E-state index is 0.534. The van der Waals surface area contributed by atoms with Gasteiger partial charge in [0.1, 0.15) is 0 Å². The summed E-state index contributed by atoms with van der Waals surface area (Å²) in [7, 11) is 0. The second-order valence-electron chi connectivity index (χ2n) is 11.2. The minimum Gasteiger partial charge on any atom is -0.261 e. The molecule has 35 heavy (non-hydrogen) atoms. The molecule has 2 heterocycles. The van der Waals surface area contributed by atoms with E-state index < -0.39 is 0 Å². The quantitative estimate of drug-likeness (QED) is 0.340. The molecule has 3 heteroatoms. The average Bonchev–Trinajstić information content (AvgIpc) is 3.31. The Bertz CT molecular complexity index is 814. The summed E-state index contributed by atoms with van der Waals surface area (Å²) in [5.41, 5.74) is 5.36. The van der Waals surface area contributed by atoms with Crippen LogP contribution in [0.5, 0.6) is 0 Å². The van der Waals surface area contributed by atoms with Gasteiger partial charge in [0, 0.05) is 28.9 Å². The lowest BCUT2D eigenvalue weighted by Gasteiger charge is -2.08. The molecule has 0 saturated carbocycles. The monoisotopic (exact) mass is 494 g/mol. The van der Waals surface area contributed by atoms with Crippen LogP contribution in [0.4, 0.5) is 0 Å². The highest BCUT2D eigenvalue weighted by molar-refractivity contribution is 7.11. The van der Waals surface area contributed by atoms with Crippen molar-refractivity contribution in [3.05, 3.63) is 81.1 Å². The van der Waals surface area contributed by atoms with Crippen molar-refractivity contribution in [3.63, 3.8) is 0 Å². The molecule has 2 aromatic heterocycles. The van der Waals surface area contributed by atoms with E-state index in [0.717, 1.165) is 0 Å². The van der Waals surface area contributed by atoms with Crippen molar-refractivity contribution >= 4 is 11.3 Å². The molecular weight excluding hydrogens is 444 g/mol. The Morgan fingerprint density at radius 3 is 1.17 bits per heavy atom. The zero-order valence-corrected chi connectivity index (χ0v) is 25.2. The third-order valence-corrected chi connectivity index (χ3v) is 7.54. The highest BCUT2D eigenvalue weighted by Gasteiger charge is 2.07. The summed E-state index contributed by atoms with van der Waals surface area (Å²) in [5.74, 6) is 3.61. The third kappa shape index (κ3) is 11.1. The molecule has 194 valence electrons. The predicted octanol–water partition coefficient (Wildman–Crippen LogP) is 10.7. The van der Waals surface area contributed by atoms with Gasteiger partial charge in [0.2, 0.25) is 0 Å². The summed E-state index contributed by atoms with van der Waals surface area (Å²) >= 11 is 1.84. The van der Waals surface area contributed by atoms with Crippen molar-refractivity contribution in [2.24, 2.45) is 0 Å². The first-order valence-corrected chi connectivity index (χ1v) is 14.2. The van der Waals surface area contributed by atoms with E-state index in [-0.39, 0.29) is 0 Å². The number of pyridine rings is 1. The molecule has 3 aromatic rings. The van der Waals surface area contributed by atoms with Crippen LogP contribution in [0.2, 0.25) is 0 Å². The Morgan fingerprint density at radius 1 is 0.457 bits per heavy atom. The molecule has 2 nitrogen and oxygen atoms in total. The first-order valence-electron chi connectivity index (χ1n) is 13.3. The van der Waals surface area contributed by atoms with E-state index in [4.69, 9.17) is 0 Å². The molecule has 0 aliphatic carbocycles.